The minimum atomic E-state index is -0.419. The molecule has 0 bridgehead atoms. The van der Waals surface area contributed by atoms with Crippen molar-refractivity contribution in [2.45, 2.75) is 0 Å². The number of thiophene rings is 1. The van der Waals surface area contributed by atoms with Crippen molar-refractivity contribution in [2.24, 2.45) is 0 Å². The number of nitrogens with one attached hydrogen (secondary N) is 2. The lowest BCUT2D eigenvalue weighted by molar-refractivity contribution is 0.0982. The van der Waals surface area contributed by atoms with Gasteiger partial charge in [-0.1, -0.05) is 52.5 Å². The molecule has 0 aliphatic carbocycles. The van der Waals surface area contributed by atoms with Gasteiger partial charge in [0.2, 0.25) is 0 Å². The van der Waals surface area contributed by atoms with Gasteiger partial charge in [-0.3, -0.25) is 10.1 Å². The molecule has 128 valence electrons. The molecule has 0 spiro atoms. The summed E-state index contributed by atoms with van der Waals surface area (Å²) in [7, 11) is 0. The second-order valence-electron chi connectivity index (χ2n) is 4.92. The van der Waals surface area contributed by atoms with Crippen LogP contribution in [0.15, 0.2) is 36.4 Å². The number of benzene rings is 2. The van der Waals surface area contributed by atoms with E-state index in [2.05, 4.69) is 10.6 Å². The van der Waals surface area contributed by atoms with Crippen LogP contribution in [0.1, 0.15) is 9.67 Å². The predicted octanol–water partition coefficient (Wildman–Crippen LogP) is 6.64. The molecule has 0 saturated carbocycles. The number of carbonyl (C=O) groups excluding carboxylic acids is 1. The number of anilines is 1. The summed E-state index contributed by atoms with van der Waals surface area (Å²) in [6.07, 6.45) is 0. The molecule has 2 N–H and O–H groups in total. The Morgan fingerprint density at radius 2 is 1.68 bits per heavy atom. The van der Waals surface area contributed by atoms with Gasteiger partial charge in [0.25, 0.3) is 5.91 Å². The summed E-state index contributed by atoms with van der Waals surface area (Å²) in [5.74, 6) is -0.419. The van der Waals surface area contributed by atoms with E-state index in [1.54, 1.807) is 36.4 Å². The number of rotatable bonds is 2. The normalized spacial score (nSPS) is 10.7. The molecular formula is C16H8Cl4N2OS2. The first-order chi connectivity index (χ1) is 11.8. The molecule has 3 rings (SSSR count). The van der Waals surface area contributed by atoms with Gasteiger partial charge in [-0.05, 0) is 42.5 Å². The molecule has 1 heterocycles. The van der Waals surface area contributed by atoms with Crippen LogP contribution < -0.4 is 10.6 Å². The van der Waals surface area contributed by atoms with Crippen LogP contribution in [-0.4, -0.2) is 11.0 Å². The quantitative estimate of drug-likeness (QED) is 0.430. The van der Waals surface area contributed by atoms with Gasteiger partial charge >= 0.3 is 0 Å². The predicted molar refractivity (Wildman–Crippen MR) is 112 cm³/mol. The smallest absolute Gasteiger partial charge is 0.269 e. The van der Waals surface area contributed by atoms with E-state index in [9.17, 15) is 4.79 Å². The number of halogens is 4. The largest absolute Gasteiger partial charge is 0.331 e. The minimum absolute atomic E-state index is 0.0840. The zero-order valence-corrected chi connectivity index (χ0v) is 16.9. The Kier molecular flexibility index (Phi) is 5.73. The number of hydrogen-bond donors (Lipinski definition) is 2. The third kappa shape index (κ3) is 4.19. The molecular weight excluding hydrogens is 442 g/mol. The number of carbonyl (C=O) groups is 1. The molecule has 0 aliphatic rings. The van der Waals surface area contributed by atoms with Crippen molar-refractivity contribution in [3.63, 3.8) is 0 Å². The molecule has 0 aliphatic heterocycles. The van der Waals surface area contributed by atoms with Crippen LogP contribution in [0, 0.1) is 0 Å². The highest BCUT2D eigenvalue weighted by molar-refractivity contribution is 7.80. The second kappa shape index (κ2) is 7.66. The average molecular weight is 450 g/mol. The van der Waals surface area contributed by atoms with Crippen LogP contribution in [0.5, 0.6) is 0 Å². The van der Waals surface area contributed by atoms with Gasteiger partial charge in [-0.25, -0.2) is 0 Å². The Morgan fingerprint density at radius 3 is 2.44 bits per heavy atom. The highest BCUT2D eigenvalue weighted by Crippen LogP contribution is 2.36. The highest BCUT2D eigenvalue weighted by Gasteiger charge is 2.18. The first-order valence-electron chi connectivity index (χ1n) is 6.80. The molecule has 0 fully saturated rings. The minimum Gasteiger partial charge on any atom is -0.331 e. The maximum Gasteiger partial charge on any atom is 0.269 e. The molecule has 1 amide bonds. The lowest BCUT2D eigenvalue weighted by atomic mass is 10.2. The lowest BCUT2D eigenvalue weighted by Crippen LogP contribution is -2.33. The van der Waals surface area contributed by atoms with E-state index >= 15 is 0 Å². The maximum atomic E-state index is 12.5. The van der Waals surface area contributed by atoms with Gasteiger partial charge in [-0.2, -0.15) is 0 Å². The lowest BCUT2D eigenvalue weighted by Gasteiger charge is -2.10. The van der Waals surface area contributed by atoms with Gasteiger partial charge in [0, 0.05) is 20.1 Å². The van der Waals surface area contributed by atoms with Crippen molar-refractivity contribution in [3.8, 4) is 0 Å². The summed E-state index contributed by atoms with van der Waals surface area (Å²) >= 11 is 30.6. The van der Waals surface area contributed by atoms with E-state index in [-0.39, 0.29) is 5.11 Å². The molecule has 0 atom stereocenters. The standard InChI is InChI=1S/C16H8Cl4N2OS2/c17-7-2-4-10(19)11(5-7)21-16(24)22-15(23)14-13(20)9-3-1-8(18)6-12(9)25-14/h1-6H,(H2,21,22,23,24). The molecule has 2 aromatic carbocycles. The van der Waals surface area contributed by atoms with Gasteiger partial charge in [0.15, 0.2) is 5.11 Å². The van der Waals surface area contributed by atoms with E-state index < -0.39 is 5.91 Å². The third-order valence-electron chi connectivity index (χ3n) is 3.20. The molecule has 3 aromatic rings. The van der Waals surface area contributed by atoms with Crippen molar-refractivity contribution in [1.29, 1.82) is 0 Å². The molecule has 3 nitrogen and oxygen atoms in total. The number of hydrogen-bond acceptors (Lipinski definition) is 3. The summed E-state index contributed by atoms with van der Waals surface area (Å²) < 4.78 is 0.819. The molecule has 25 heavy (non-hydrogen) atoms. The van der Waals surface area contributed by atoms with Crippen LogP contribution >= 0.6 is 70.0 Å². The Labute approximate surface area is 172 Å². The summed E-state index contributed by atoms with van der Waals surface area (Å²) in [4.78, 5) is 12.8. The van der Waals surface area contributed by atoms with E-state index in [0.29, 0.717) is 30.7 Å². The van der Waals surface area contributed by atoms with Crippen LogP contribution in [0.25, 0.3) is 10.1 Å². The monoisotopic (exact) mass is 448 g/mol. The first-order valence-corrected chi connectivity index (χ1v) is 9.54. The van der Waals surface area contributed by atoms with E-state index in [4.69, 9.17) is 58.6 Å². The zero-order chi connectivity index (χ0) is 18.1. The fraction of sp³-hybridized carbons (Fsp3) is 0. The van der Waals surface area contributed by atoms with Crippen LogP contribution in [-0.2, 0) is 0 Å². The Morgan fingerprint density at radius 1 is 1.00 bits per heavy atom. The van der Waals surface area contributed by atoms with Crippen LogP contribution in [0.3, 0.4) is 0 Å². The average Bonchev–Trinajstić information content (AvgIpc) is 2.87. The molecule has 9 heteroatoms. The van der Waals surface area contributed by atoms with E-state index in [1.807, 2.05) is 0 Å². The summed E-state index contributed by atoms with van der Waals surface area (Å²) in [6, 6.07) is 10.1. The van der Waals surface area contributed by atoms with Crippen molar-refractivity contribution in [1.82, 2.24) is 5.32 Å². The van der Waals surface area contributed by atoms with E-state index in [0.717, 1.165) is 10.1 Å². The fourth-order valence-corrected chi connectivity index (χ4v) is 4.32. The second-order valence-corrected chi connectivity index (χ2v) is 8.04. The van der Waals surface area contributed by atoms with Gasteiger partial charge < -0.3 is 5.32 Å². The fourth-order valence-electron chi connectivity index (χ4n) is 2.09. The summed E-state index contributed by atoms with van der Waals surface area (Å²) in [5.41, 5.74) is 0.494. The van der Waals surface area contributed by atoms with Crippen LogP contribution in [0.4, 0.5) is 5.69 Å². The number of thiocarbonyl (C=S) groups is 1. The highest BCUT2D eigenvalue weighted by atomic mass is 35.5. The Bertz CT molecular complexity index is 1000. The Hall–Kier alpha value is -1.08. The SMILES string of the molecule is O=C(NC(=S)Nc1cc(Cl)ccc1Cl)c1sc2cc(Cl)ccc2c1Cl. The van der Waals surface area contributed by atoms with Crippen molar-refractivity contribution in [2.75, 3.05) is 5.32 Å². The Balaban J connectivity index is 1.79. The van der Waals surface area contributed by atoms with Gasteiger partial charge in [-0.15, -0.1) is 11.3 Å². The maximum absolute atomic E-state index is 12.5. The number of amides is 1. The topological polar surface area (TPSA) is 41.1 Å². The van der Waals surface area contributed by atoms with Crippen molar-refractivity contribution in [3.05, 3.63) is 61.4 Å². The summed E-state index contributed by atoms with van der Waals surface area (Å²) in [6.45, 7) is 0. The van der Waals surface area contributed by atoms with Gasteiger partial charge in [0.1, 0.15) is 4.88 Å². The zero-order valence-electron chi connectivity index (χ0n) is 12.2. The third-order valence-corrected chi connectivity index (χ3v) is 5.86. The molecule has 0 saturated heterocycles. The van der Waals surface area contributed by atoms with Gasteiger partial charge in [0.05, 0.1) is 15.7 Å². The molecule has 0 radical (unpaired) electrons. The first kappa shape index (κ1) is 18.7. The van der Waals surface area contributed by atoms with E-state index in [1.165, 1.54) is 11.3 Å². The number of fused-ring (bicyclic) bond motifs is 1. The molecule has 1 aromatic heterocycles. The molecule has 0 unspecified atom stereocenters. The van der Waals surface area contributed by atoms with Crippen molar-refractivity contribution >= 4 is 96.8 Å². The summed E-state index contributed by atoms with van der Waals surface area (Å²) in [5, 5.41) is 8.11. The van der Waals surface area contributed by atoms with Crippen molar-refractivity contribution < 1.29 is 4.79 Å². The van der Waals surface area contributed by atoms with Crippen LogP contribution in [0.2, 0.25) is 20.1 Å².